The fourth-order valence-corrected chi connectivity index (χ4v) is 2.21. The first kappa shape index (κ1) is 13.9. The number of anilines is 1. The highest BCUT2D eigenvalue weighted by molar-refractivity contribution is 7.13. The Morgan fingerprint density at radius 2 is 2.29 bits per heavy atom. The van der Waals surface area contributed by atoms with Crippen LogP contribution in [-0.4, -0.2) is 27.8 Å². The molecular formula is C11H19N3O2S. The van der Waals surface area contributed by atoms with Gasteiger partial charge in [-0.1, -0.05) is 25.2 Å². The highest BCUT2D eigenvalue weighted by Crippen LogP contribution is 2.21. The van der Waals surface area contributed by atoms with E-state index in [9.17, 15) is 4.79 Å². The lowest BCUT2D eigenvalue weighted by atomic mass is 9.88. The van der Waals surface area contributed by atoms with E-state index in [1.807, 2.05) is 0 Å². The maximum Gasteiger partial charge on any atom is 0.303 e. The van der Waals surface area contributed by atoms with Crippen LogP contribution in [-0.2, 0) is 4.79 Å². The predicted molar refractivity (Wildman–Crippen MR) is 68.2 cm³/mol. The van der Waals surface area contributed by atoms with Crippen molar-refractivity contribution in [1.82, 2.24) is 10.2 Å². The second-order valence-corrected chi connectivity index (χ2v) is 5.23. The second-order valence-electron chi connectivity index (χ2n) is 4.40. The van der Waals surface area contributed by atoms with Crippen LogP contribution in [0.15, 0.2) is 5.51 Å². The van der Waals surface area contributed by atoms with Gasteiger partial charge in [0.05, 0.1) is 0 Å². The minimum Gasteiger partial charge on any atom is -0.481 e. The molecule has 2 N–H and O–H groups in total. The van der Waals surface area contributed by atoms with Crippen molar-refractivity contribution >= 4 is 22.4 Å². The Labute approximate surface area is 105 Å². The Bertz CT molecular complexity index is 327. The SMILES string of the molecule is CC(C)C(CCNc1nncs1)CCC(=O)O. The normalized spacial score (nSPS) is 12.6. The van der Waals surface area contributed by atoms with E-state index in [-0.39, 0.29) is 6.42 Å². The number of carboxylic acids is 1. The highest BCUT2D eigenvalue weighted by atomic mass is 32.1. The average Bonchev–Trinajstić information content (AvgIpc) is 2.74. The predicted octanol–water partition coefficient (Wildman–Crippen LogP) is 2.48. The molecule has 6 heteroatoms. The molecule has 1 unspecified atom stereocenters. The van der Waals surface area contributed by atoms with E-state index >= 15 is 0 Å². The molecule has 0 aliphatic heterocycles. The van der Waals surface area contributed by atoms with Gasteiger partial charge in [-0.2, -0.15) is 0 Å². The number of aliphatic carboxylic acids is 1. The van der Waals surface area contributed by atoms with Crippen LogP contribution >= 0.6 is 11.3 Å². The van der Waals surface area contributed by atoms with Gasteiger partial charge in [-0.3, -0.25) is 4.79 Å². The van der Waals surface area contributed by atoms with Crippen molar-refractivity contribution in [3.8, 4) is 0 Å². The third-order valence-electron chi connectivity index (χ3n) is 2.82. The topological polar surface area (TPSA) is 75.1 Å². The summed E-state index contributed by atoms with van der Waals surface area (Å²) >= 11 is 1.47. The van der Waals surface area contributed by atoms with E-state index in [0.29, 0.717) is 11.8 Å². The molecule has 0 bridgehead atoms. The summed E-state index contributed by atoms with van der Waals surface area (Å²) < 4.78 is 0. The van der Waals surface area contributed by atoms with Crippen LogP contribution in [0, 0.1) is 11.8 Å². The number of carboxylic acid groups (broad SMARTS) is 1. The quantitative estimate of drug-likeness (QED) is 0.748. The summed E-state index contributed by atoms with van der Waals surface area (Å²) in [6.45, 7) is 5.09. The number of nitrogens with zero attached hydrogens (tertiary/aromatic N) is 2. The van der Waals surface area contributed by atoms with E-state index in [1.54, 1.807) is 5.51 Å². The Morgan fingerprint density at radius 3 is 2.82 bits per heavy atom. The van der Waals surface area contributed by atoms with Gasteiger partial charge in [-0.25, -0.2) is 0 Å². The molecule has 1 heterocycles. The number of hydrogen-bond donors (Lipinski definition) is 2. The lowest BCUT2D eigenvalue weighted by Crippen LogP contribution is -2.15. The minimum absolute atomic E-state index is 0.252. The summed E-state index contributed by atoms with van der Waals surface area (Å²) in [4.78, 5) is 10.6. The van der Waals surface area contributed by atoms with Gasteiger partial charge in [0.2, 0.25) is 5.13 Å². The molecule has 0 spiro atoms. The Balaban J connectivity index is 2.26. The first-order chi connectivity index (χ1) is 8.09. The zero-order valence-corrected chi connectivity index (χ0v) is 11.0. The van der Waals surface area contributed by atoms with Crippen LogP contribution in [0.2, 0.25) is 0 Å². The number of rotatable bonds is 8. The molecule has 0 amide bonds. The summed E-state index contributed by atoms with van der Waals surface area (Å²) in [5.74, 6) is 0.227. The number of aromatic nitrogens is 2. The van der Waals surface area contributed by atoms with Gasteiger partial charge in [0.15, 0.2) is 0 Å². The van der Waals surface area contributed by atoms with E-state index in [2.05, 4.69) is 29.4 Å². The highest BCUT2D eigenvalue weighted by Gasteiger charge is 2.14. The maximum absolute atomic E-state index is 10.6. The lowest BCUT2D eigenvalue weighted by molar-refractivity contribution is -0.137. The summed E-state index contributed by atoms with van der Waals surface area (Å²) in [5.41, 5.74) is 1.69. The molecule has 0 aliphatic carbocycles. The third-order valence-corrected chi connectivity index (χ3v) is 3.47. The van der Waals surface area contributed by atoms with Crippen LogP contribution < -0.4 is 5.32 Å². The molecule has 0 saturated carbocycles. The standard InChI is InChI=1S/C11H19N3O2S/c1-8(2)9(3-4-10(15)16)5-6-12-11-14-13-7-17-11/h7-9H,3-6H2,1-2H3,(H,12,14)(H,15,16). The van der Waals surface area contributed by atoms with Crippen molar-refractivity contribution in [3.05, 3.63) is 5.51 Å². The molecule has 1 aromatic rings. The first-order valence-electron chi connectivity index (χ1n) is 5.81. The first-order valence-corrected chi connectivity index (χ1v) is 6.69. The monoisotopic (exact) mass is 257 g/mol. The van der Waals surface area contributed by atoms with Crippen LogP contribution in [0.4, 0.5) is 5.13 Å². The fourth-order valence-electron chi connectivity index (χ4n) is 1.73. The average molecular weight is 257 g/mol. The molecule has 1 aromatic heterocycles. The fraction of sp³-hybridized carbons (Fsp3) is 0.727. The molecule has 96 valence electrons. The summed E-state index contributed by atoms with van der Waals surface area (Å²) in [5, 5.41) is 20.3. The number of carbonyl (C=O) groups is 1. The van der Waals surface area contributed by atoms with Crippen LogP contribution in [0.25, 0.3) is 0 Å². The zero-order chi connectivity index (χ0) is 12.7. The Kier molecular flexibility index (Phi) is 5.90. The van der Waals surface area contributed by atoms with Crippen molar-refractivity contribution in [3.63, 3.8) is 0 Å². The van der Waals surface area contributed by atoms with Gasteiger partial charge in [0.25, 0.3) is 0 Å². The second kappa shape index (κ2) is 7.21. The van der Waals surface area contributed by atoms with E-state index in [4.69, 9.17) is 5.11 Å². The number of nitrogens with one attached hydrogen (secondary N) is 1. The molecule has 0 aromatic carbocycles. The lowest BCUT2D eigenvalue weighted by Gasteiger charge is -2.19. The molecule has 0 radical (unpaired) electrons. The van der Waals surface area contributed by atoms with Gasteiger partial charge in [0, 0.05) is 13.0 Å². The van der Waals surface area contributed by atoms with Crippen molar-refractivity contribution < 1.29 is 9.90 Å². The van der Waals surface area contributed by atoms with E-state index in [0.717, 1.165) is 24.5 Å². The maximum atomic E-state index is 10.6. The molecule has 5 nitrogen and oxygen atoms in total. The van der Waals surface area contributed by atoms with Crippen molar-refractivity contribution in [2.45, 2.75) is 33.1 Å². The van der Waals surface area contributed by atoms with Gasteiger partial charge >= 0.3 is 5.97 Å². The smallest absolute Gasteiger partial charge is 0.303 e. The molecule has 17 heavy (non-hydrogen) atoms. The molecule has 0 fully saturated rings. The van der Waals surface area contributed by atoms with Crippen molar-refractivity contribution in [1.29, 1.82) is 0 Å². The Morgan fingerprint density at radius 1 is 1.53 bits per heavy atom. The summed E-state index contributed by atoms with van der Waals surface area (Å²) in [7, 11) is 0. The summed E-state index contributed by atoms with van der Waals surface area (Å²) in [6, 6.07) is 0. The molecule has 0 aliphatic rings. The molecule has 1 rings (SSSR count). The third kappa shape index (κ3) is 5.63. The van der Waals surface area contributed by atoms with Crippen LogP contribution in [0.3, 0.4) is 0 Å². The van der Waals surface area contributed by atoms with Crippen LogP contribution in [0.1, 0.15) is 33.1 Å². The van der Waals surface area contributed by atoms with Gasteiger partial charge in [0.1, 0.15) is 5.51 Å². The Hall–Kier alpha value is -1.17. The van der Waals surface area contributed by atoms with Gasteiger partial charge < -0.3 is 10.4 Å². The summed E-state index contributed by atoms with van der Waals surface area (Å²) in [6.07, 6.45) is 1.96. The molecule has 0 saturated heterocycles. The van der Waals surface area contributed by atoms with E-state index < -0.39 is 5.97 Å². The minimum atomic E-state index is -0.715. The molecule has 1 atom stereocenters. The zero-order valence-electron chi connectivity index (χ0n) is 10.2. The van der Waals surface area contributed by atoms with Gasteiger partial charge in [-0.05, 0) is 24.7 Å². The van der Waals surface area contributed by atoms with Gasteiger partial charge in [-0.15, -0.1) is 10.2 Å². The largest absolute Gasteiger partial charge is 0.481 e. The number of hydrogen-bond acceptors (Lipinski definition) is 5. The van der Waals surface area contributed by atoms with Crippen molar-refractivity contribution in [2.75, 3.05) is 11.9 Å². The van der Waals surface area contributed by atoms with Crippen molar-refractivity contribution in [2.24, 2.45) is 11.8 Å². The molecular weight excluding hydrogens is 238 g/mol. The van der Waals surface area contributed by atoms with E-state index in [1.165, 1.54) is 11.3 Å². The van der Waals surface area contributed by atoms with Crippen LogP contribution in [0.5, 0.6) is 0 Å².